The van der Waals surface area contributed by atoms with Gasteiger partial charge in [-0.1, -0.05) is 42.5 Å². The van der Waals surface area contributed by atoms with Crippen molar-refractivity contribution in [3.05, 3.63) is 93.9 Å². The monoisotopic (exact) mass is 458 g/mol. The summed E-state index contributed by atoms with van der Waals surface area (Å²) in [5.41, 5.74) is 3.18. The number of ether oxygens (including phenoxy) is 2. The number of hydrogen-bond acceptors (Lipinski definition) is 4. The third-order valence-corrected chi connectivity index (χ3v) is 6.45. The summed E-state index contributed by atoms with van der Waals surface area (Å²) in [5, 5.41) is 0. The largest absolute Gasteiger partial charge is 0.489 e. The minimum Gasteiger partial charge on any atom is -0.489 e. The Morgan fingerprint density at radius 3 is 2.35 bits per heavy atom. The van der Waals surface area contributed by atoms with Crippen LogP contribution in [0.2, 0.25) is 0 Å². The number of carbonyl (C=O) groups is 1. The second-order valence-corrected chi connectivity index (χ2v) is 9.23. The molecule has 3 aromatic rings. The molecule has 0 unspecified atom stereocenters. The van der Waals surface area contributed by atoms with Gasteiger partial charge in [-0.25, -0.2) is 0 Å². The number of aryl methyl sites for hydroxylation is 2. The molecule has 2 fully saturated rings. The molecule has 1 amide bonds. The van der Waals surface area contributed by atoms with E-state index in [1.54, 1.807) is 6.07 Å². The van der Waals surface area contributed by atoms with E-state index in [0.717, 1.165) is 35.4 Å². The Morgan fingerprint density at radius 1 is 0.941 bits per heavy atom. The molecule has 0 atom stereocenters. The summed E-state index contributed by atoms with van der Waals surface area (Å²) in [7, 11) is 0. The van der Waals surface area contributed by atoms with Gasteiger partial charge in [-0.2, -0.15) is 0 Å². The van der Waals surface area contributed by atoms with Gasteiger partial charge in [0, 0.05) is 24.2 Å². The molecule has 1 aromatic heterocycles. The van der Waals surface area contributed by atoms with Gasteiger partial charge in [-0.15, -0.1) is 0 Å². The first-order valence-electron chi connectivity index (χ1n) is 12.0. The number of hydrogen-bond donors (Lipinski definition) is 0. The van der Waals surface area contributed by atoms with Crippen molar-refractivity contribution in [1.29, 1.82) is 0 Å². The van der Waals surface area contributed by atoms with E-state index in [1.807, 2.05) is 77.1 Å². The van der Waals surface area contributed by atoms with Crippen LogP contribution in [0.15, 0.2) is 71.5 Å². The number of nitrogens with zero attached hydrogens (tertiary/aromatic N) is 2. The maximum Gasteiger partial charge on any atom is 0.254 e. The molecule has 0 bridgehead atoms. The number of benzene rings is 2. The van der Waals surface area contributed by atoms with E-state index < -0.39 is 0 Å². The van der Waals surface area contributed by atoms with Gasteiger partial charge in [0.05, 0.1) is 13.1 Å². The molecular weight excluding hydrogens is 428 g/mol. The fourth-order valence-electron chi connectivity index (χ4n) is 4.36. The number of amides is 1. The molecule has 6 nitrogen and oxygen atoms in total. The van der Waals surface area contributed by atoms with Gasteiger partial charge in [-0.3, -0.25) is 9.59 Å². The lowest BCUT2D eigenvalue weighted by Gasteiger charge is -2.39. The Bertz CT molecular complexity index is 1190. The van der Waals surface area contributed by atoms with Gasteiger partial charge in [0.15, 0.2) is 0 Å². The molecule has 2 aromatic carbocycles. The lowest BCUT2D eigenvalue weighted by atomic mass is 10.1. The second-order valence-electron chi connectivity index (χ2n) is 9.23. The minimum atomic E-state index is -0.0550. The summed E-state index contributed by atoms with van der Waals surface area (Å²) in [6, 6.07) is 21.9. The van der Waals surface area contributed by atoms with Crippen LogP contribution in [0.4, 0.5) is 0 Å². The molecule has 0 radical (unpaired) electrons. The Balaban J connectivity index is 1.04. The normalized spacial score (nSPS) is 15.6. The smallest absolute Gasteiger partial charge is 0.254 e. The Kier molecular flexibility index (Phi) is 6.39. The Labute approximate surface area is 199 Å². The van der Waals surface area contributed by atoms with Crippen LogP contribution in [0, 0.1) is 6.92 Å². The highest BCUT2D eigenvalue weighted by Crippen LogP contribution is 2.35. The highest BCUT2D eigenvalue weighted by molar-refractivity contribution is 5.77. The molecule has 176 valence electrons. The van der Waals surface area contributed by atoms with Crippen molar-refractivity contribution in [1.82, 2.24) is 9.47 Å². The predicted molar refractivity (Wildman–Crippen MR) is 130 cm³/mol. The highest BCUT2D eigenvalue weighted by atomic mass is 16.5. The fourth-order valence-corrected chi connectivity index (χ4v) is 4.36. The van der Waals surface area contributed by atoms with E-state index in [0.29, 0.717) is 44.3 Å². The van der Waals surface area contributed by atoms with Crippen LogP contribution < -0.4 is 15.0 Å². The number of likely N-dealkylation sites (tertiary alicyclic amines) is 1. The van der Waals surface area contributed by atoms with Gasteiger partial charge >= 0.3 is 0 Å². The third kappa shape index (κ3) is 5.33. The summed E-state index contributed by atoms with van der Waals surface area (Å²) in [5.74, 6) is 1.55. The molecule has 34 heavy (non-hydrogen) atoms. The average molecular weight is 459 g/mol. The van der Waals surface area contributed by atoms with Crippen molar-refractivity contribution in [3.8, 4) is 11.5 Å². The van der Waals surface area contributed by atoms with Crippen molar-refractivity contribution in [3.63, 3.8) is 0 Å². The lowest BCUT2D eigenvalue weighted by molar-refractivity contribution is -0.139. The van der Waals surface area contributed by atoms with Gasteiger partial charge in [0.25, 0.3) is 5.56 Å². The topological polar surface area (TPSA) is 60.8 Å². The second kappa shape index (κ2) is 9.75. The van der Waals surface area contributed by atoms with Crippen molar-refractivity contribution in [2.75, 3.05) is 13.1 Å². The summed E-state index contributed by atoms with van der Waals surface area (Å²) in [6.07, 6.45) is 3.26. The van der Waals surface area contributed by atoms with E-state index in [2.05, 4.69) is 0 Å². The van der Waals surface area contributed by atoms with Gasteiger partial charge < -0.3 is 18.9 Å². The minimum absolute atomic E-state index is 0.00115. The van der Waals surface area contributed by atoms with E-state index >= 15 is 0 Å². The van der Waals surface area contributed by atoms with E-state index in [4.69, 9.17) is 9.47 Å². The van der Waals surface area contributed by atoms with Crippen LogP contribution in [0.5, 0.6) is 11.5 Å². The molecule has 5 rings (SSSR count). The Morgan fingerprint density at radius 2 is 1.68 bits per heavy atom. The zero-order valence-electron chi connectivity index (χ0n) is 19.5. The molecule has 0 spiro atoms. The summed E-state index contributed by atoms with van der Waals surface area (Å²) in [6.45, 7) is 3.62. The summed E-state index contributed by atoms with van der Waals surface area (Å²) >= 11 is 0. The zero-order chi connectivity index (χ0) is 23.5. The van der Waals surface area contributed by atoms with Gasteiger partial charge in [-0.05, 0) is 55.5 Å². The highest BCUT2D eigenvalue weighted by Gasteiger charge is 2.32. The molecule has 1 aliphatic carbocycles. The molecule has 0 N–H and O–H groups in total. The van der Waals surface area contributed by atoms with Crippen LogP contribution in [0.1, 0.15) is 42.1 Å². The van der Waals surface area contributed by atoms with E-state index in [1.165, 1.54) is 0 Å². The van der Waals surface area contributed by atoms with Crippen LogP contribution in [-0.2, 0) is 17.8 Å². The molecular formula is C28H30N2O4. The predicted octanol–water partition coefficient (Wildman–Crippen LogP) is 4.29. The Hall–Kier alpha value is -3.54. The van der Waals surface area contributed by atoms with Crippen LogP contribution in [-0.4, -0.2) is 34.6 Å². The molecule has 2 aliphatic rings. The molecule has 2 heterocycles. The average Bonchev–Trinajstić information content (AvgIpc) is 3.64. The van der Waals surface area contributed by atoms with Crippen molar-refractivity contribution < 1.29 is 14.3 Å². The fraction of sp³-hybridized carbons (Fsp3) is 0.357. The van der Waals surface area contributed by atoms with Gasteiger partial charge in [0.2, 0.25) is 5.91 Å². The van der Waals surface area contributed by atoms with Crippen LogP contribution in [0.25, 0.3) is 0 Å². The SMILES string of the molecule is Cc1cc(OC2CN(C(=O)CCc3ccc(OCc4ccccc4)cc3)C2)cc(=O)n1C1CC1. The quantitative estimate of drug-likeness (QED) is 0.480. The van der Waals surface area contributed by atoms with E-state index in [9.17, 15) is 9.59 Å². The maximum atomic E-state index is 12.6. The van der Waals surface area contributed by atoms with Crippen molar-refractivity contribution >= 4 is 5.91 Å². The number of rotatable bonds is 9. The zero-order valence-corrected chi connectivity index (χ0v) is 19.5. The van der Waals surface area contributed by atoms with Crippen molar-refractivity contribution in [2.24, 2.45) is 0 Å². The first-order chi connectivity index (χ1) is 16.5. The summed E-state index contributed by atoms with van der Waals surface area (Å²) in [4.78, 5) is 26.7. The lowest BCUT2D eigenvalue weighted by Crippen LogP contribution is -2.56. The maximum absolute atomic E-state index is 12.6. The van der Waals surface area contributed by atoms with Crippen LogP contribution in [0.3, 0.4) is 0 Å². The molecule has 6 heteroatoms. The first-order valence-corrected chi connectivity index (χ1v) is 12.0. The number of pyridine rings is 1. The van der Waals surface area contributed by atoms with Crippen LogP contribution >= 0.6 is 0 Å². The van der Waals surface area contributed by atoms with E-state index in [-0.39, 0.29) is 17.6 Å². The first kappa shape index (κ1) is 22.3. The number of carbonyl (C=O) groups excluding carboxylic acids is 1. The standard InChI is InChI=1S/C28H30N2O4/c1-20-15-25(16-28(32)30(20)23-10-11-23)34-26-17-29(18-26)27(31)14-9-21-7-12-24(13-8-21)33-19-22-5-3-2-4-6-22/h2-8,12-13,15-16,23,26H,9-11,14,17-19H2,1H3. The molecule has 1 saturated carbocycles. The number of aromatic nitrogens is 1. The molecule has 1 aliphatic heterocycles. The summed E-state index contributed by atoms with van der Waals surface area (Å²) < 4.78 is 13.6. The third-order valence-electron chi connectivity index (χ3n) is 6.45. The van der Waals surface area contributed by atoms with Gasteiger partial charge in [0.1, 0.15) is 24.2 Å². The molecule has 1 saturated heterocycles. The van der Waals surface area contributed by atoms with Crippen molar-refractivity contribution in [2.45, 2.75) is 51.4 Å².